The second-order valence-electron chi connectivity index (χ2n) is 7.13. The summed E-state index contributed by atoms with van der Waals surface area (Å²) in [6.45, 7) is 3.73. The number of benzene rings is 2. The van der Waals surface area contributed by atoms with Gasteiger partial charge in [-0.05, 0) is 30.4 Å². The smallest absolute Gasteiger partial charge is 0.408 e. The van der Waals surface area contributed by atoms with E-state index in [1.165, 1.54) is 0 Å². The van der Waals surface area contributed by atoms with Gasteiger partial charge in [0.2, 0.25) is 11.8 Å². The Labute approximate surface area is 182 Å². The van der Waals surface area contributed by atoms with Gasteiger partial charge in [-0.1, -0.05) is 66.7 Å². The first-order valence-electron chi connectivity index (χ1n) is 10.2. The van der Waals surface area contributed by atoms with Crippen molar-refractivity contribution in [3.05, 3.63) is 84.4 Å². The van der Waals surface area contributed by atoms with Gasteiger partial charge < -0.3 is 21.1 Å². The molecule has 0 bridgehead atoms. The van der Waals surface area contributed by atoms with Crippen LogP contribution in [0.5, 0.6) is 0 Å². The van der Waals surface area contributed by atoms with Crippen molar-refractivity contribution >= 4 is 17.9 Å². The number of primary amides is 1. The lowest BCUT2D eigenvalue weighted by molar-refractivity contribution is -0.128. The fraction of sp³-hybridized carbons (Fsp3) is 0.292. The van der Waals surface area contributed by atoms with Crippen LogP contribution in [0.4, 0.5) is 4.79 Å². The van der Waals surface area contributed by atoms with E-state index in [-0.39, 0.29) is 13.0 Å². The maximum Gasteiger partial charge on any atom is 0.408 e. The number of rotatable bonds is 12. The van der Waals surface area contributed by atoms with Crippen LogP contribution in [0.1, 0.15) is 30.4 Å². The molecule has 0 unspecified atom stereocenters. The molecule has 4 N–H and O–H groups in total. The van der Waals surface area contributed by atoms with Gasteiger partial charge in [-0.3, -0.25) is 9.59 Å². The first kappa shape index (κ1) is 23.7. The van der Waals surface area contributed by atoms with Gasteiger partial charge in [-0.15, -0.1) is 6.58 Å². The molecule has 0 fully saturated rings. The molecule has 7 nitrogen and oxygen atoms in total. The third kappa shape index (κ3) is 8.74. The van der Waals surface area contributed by atoms with E-state index in [2.05, 4.69) is 17.2 Å². The maximum absolute atomic E-state index is 12.9. The third-order valence-corrected chi connectivity index (χ3v) is 4.66. The van der Waals surface area contributed by atoms with E-state index >= 15 is 0 Å². The Morgan fingerprint density at radius 1 is 0.935 bits per heavy atom. The van der Waals surface area contributed by atoms with Crippen LogP contribution in [0.15, 0.2) is 73.3 Å². The monoisotopic (exact) mass is 423 g/mol. The standard InChI is InChI=1S/C24H29N3O4/c1-2-3-6-15-20(22(25)28)26-23(29)21(16-18-11-7-4-8-12-18)27-24(30)31-17-19-13-9-5-10-14-19/h2,4-5,7-14,20-21H,1,3,6,15-17H2,(H2,25,28)(H,26,29)(H,27,30)/t20-,21-/m0/s1. The molecule has 0 spiro atoms. The predicted molar refractivity (Wildman–Crippen MR) is 119 cm³/mol. The quantitative estimate of drug-likeness (QED) is 0.360. The lowest BCUT2D eigenvalue weighted by Gasteiger charge is -2.22. The average Bonchev–Trinajstić information content (AvgIpc) is 2.78. The number of carbonyl (C=O) groups excluding carboxylic acids is 3. The number of alkyl carbamates (subject to hydrolysis) is 1. The second kappa shape index (κ2) is 12.8. The number of amides is 3. The topological polar surface area (TPSA) is 111 Å². The summed E-state index contributed by atoms with van der Waals surface area (Å²) in [5.74, 6) is -1.12. The molecule has 0 radical (unpaired) electrons. The van der Waals surface area contributed by atoms with Crippen LogP contribution in [0.2, 0.25) is 0 Å². The molecule has 0 saturated heterocycles. The Morgan fingerprint density at radius 2 is 1.55 bits per heavy atom. The van der Waals surface area contributed by atoms with E-state index in [1.54, 1.807) is 6.08 Å². The largest absolute Gasteiger partial charge is 0.445 e. The van der Waals surface area contributed by atoms with Gasteiger partial charge >= 0.3 is 6.09 Å². The summed E-state index contributed by atoms with van der Waals surface area (Å²) in [6, 6.07) is 16.7. The summed E-state index contributed by atoms with van der Waals surface area (Å²) in [5, 5.41) is 5.26. The summed E-state index contributed by atoms with van der Waals surface area (Å²) in [7, 11) is 0. The number of nitrogens with two attached hydrogens (primary N) is 1. The minimum atomic E-state index is -0.924. The molecular formula is C24H29N3O4. The molecule has 7 heteroatoms. The van der Waals surface area contributed by atoms with Crippen molar-refractivity contribution in [3.63, 3.8) is 0 Å². The second-order valence-corrected chi connectivity index (χ2v) is 7.13. The lowest BCUT2D eigenvalue weighted by Crippen LogP contribution is -2.53. The Bertz CT molecular complexity index is 856. The molecule has 164 valence electrons. The SMILES string of the molecule is C=CCCC[C@H](NC(=O)[C@H](Cc1ccccc1)NC(=O)OCc1ccccc1)C(N)=O. The van der Waals surface area contributed by atoms with Gasteiger partial charge in [-0.2, -0.15) is 0 Å². The van der Waals surface area contributed by atoms with E-state index in [0.717, 1.165) is 11.1 Å². The normalized spacial score (nSPS) is 12.3. The van der Waals surface area contributed by atoms with Crippen molar-refractivity contribution in [1.29, 1.82) is 0 Å². The number of hydrogen-bond donors (Lipinski definition) is 3. The van der Waals surface area contributed by atoms with Crippen molar-refractivity contribution < 1.29 is 19.1 Å². The number of unbranched alkanes of at least 4 members (excludes halogenated alkanes) is 1. The third-order valence-electron chi connectivity index (χ3n) is 4.66. The Morgan fingerprint density at radius 3 is 2.13 bits per heavy atom. The van der Waals surface area contributed by atoms with Crippen molar-refractivity contribution in [1.82, 2.24) is 10.6 Å². The predicted octanol–water partition coefficient (Wildman–Crippen LogP) is 2.85. The zero-order chi connectivity index (χ0) is 22.5. The van der Waals surface area contributed by atoms with Crippen molar-refractivity contribution in [2.75, 3.05) is 0 Å². The lowest BCUT2D eigenvalue weighted by atomic mass is 10.0. The minimum Gasteiger partial charge on any atom is -0.445 e. The number of allylic oxidation sites excluding steroid dienone is 1. The molecule has 0 aliphatic carbocycles. The summed E-state index contributed by atoms with van der Waals surface area (Å²) in [4.78, 5) is 37.0. The number of carbonyl (C=O) groups is 3. The number of hydrogen-bond acceptors (Lipinski definition) is 4. The summed E-state index contributed by atoms with van der Waals surface area (Å²) >= 11 is 0. The zero-order valence-electron chi connectivity index (χ0n) is 17.5. The molecule has 31 heavy (non-hydrogen) atoms. The molecule has 0 aromatic heterocycles. The maximum atomic E-state index is 12.9. The van der Waals surface area contributed by atoms with E-state index in [0.29, 0.717) is 19.3 Å². The van der Waals surface area contributed by atoms with Crippen LogP contribution in [-0.4, -0.2) is 30.0 Å². The molecule has 2 aromatic rings. The molecule has 0 aliphatic rings. The Kier molecular flexibility index (Phi) is 9.81. The highest BCUT2D eigenvalue weighted by molar-refractivity contribution is 5.90. The van der Waals surface area contributed by atoms with Crippen LogP contribution in [-0.2, 0) is 27.4 Å². The zero-order valence-corrected chi connectivity index (χ0v) is 17.5. The Hall–Kier alpha value is -3.61. The number of nitrogens with one attached hydrogen (secondary N) is 2. The highest BCUT2D eigenvalue weighted by Gasteiger charge is 2.26. The molecule has 0 saturated carbocycles. The fourth-order valence-corrected chi connectivity index (χ4v) is 2.99. The van der Waals surface area contributed by atoms with Crippen LogP contribution in [0.25, 0.3) is 0 Å². The average molecular weight is 424 g/mol. The summed E-state index contributed by atoms with van der Waals surface area (Å²) in [6.07, 6.45) is 3.02. The van der Waals surface area contributed by atoms with Crippen molar-refractivity contribution in [3.8, 4) is 0 Å². The van der Waals surface area contributed by atoms with Gasteiger partial charge in [-0.25, -0.2) is 4.79 Å². The minimum absolute atomic E-state index is 0.0812. The van der Waals surface area contributed by atoms with Gasteiger partial charge in [0.25, 0.3) is 0 Å². The highest BCUT2D eigenvalue weighted by Crippen LogP contribution is 2.07. The number of ether oxygens (including phenoxy) is 1. The fourth-order valence-electron chi connectivity index (χ4n) is 2.99. The first-order valence-corrected chi connectivity index (χ1v) is 10.2. The molecular weight excluding hydrogens is 394 g/mol. The van der Waals surface area contributed by atoms with Gasteiger partial charge in [0.05, 0.1) is 0 Å². The molecule has 3 amide bonds. The van der Waals surface area contributed by atoms with Gasteiger partial charge in [0, 0.05) is 6.42 Å². The molecule has 2 atom stereocenters. The first-order chi connectivity index (χ1) is 15.0. The van der Waals surface area contributed by atoms with E-state index < -0.39 is 30.0 Å². The van der Waals surface area contributed by atoms with Gasteiger partial charge in [0.15, 0.2) is 0 Å². The van der Waals surface area contributed by atoms with E-state index in [4.69, 9.17) is 10.5 Å². The molecule has 0 heterocycles. The van der Waals surface area contributed by atoms with Crippen LogP contribution in [0.3, 0.4) is 0 Å². The summed E-state index contributed by atoms with van der Waals surface area (Å²) < 4.78 is 5.25. The molecule has 2 aromatic carbocycles. The van der Waals surface area contributed by atoms with E-state index in [1.807, 2.05) is 60.7 Å². The van der Waals surface area contributed by atoms with Crippen molar-refractivity contribution in [2.45, 2.75) is 44.4 Å². The molecule has 2 rings (SSSR count). The van der Waals surface area contributed by atoms with E-state index in [9.17, 15) is 14.4 Å². The van der Waals surface area contributed by atoms with Crippen molar-refractivity contribution in [2.24, 2.45) is 5.73 Å². The molecule has 0 aliphatic heterocycles. The highest BCUT2D eigenvalue weighted by atomic mass is 16.5. The van der Waals surface area contributed by atoms with Gasteiger partial charge in [0.1, 0.15) is 18.7 Å². The summed E-state index contributed by atoms with van der Waals surface area (Å²) in [5.41, 5.74) is 7.13. The van der Waals surface area contributed by atoms with Crippen LogP contribution < -0.4 is 16.4 Å². The van der Waals surface area contributed by atoms with Crippen LogP contribution in [0, 0.1) is 0 Å². The Balaban J connectivity index is 2.03. The van der Waals surface area contributed by atoms with Crippen LogP contribution >= 0.6 is 0 Å².